The molecule has 8 rings (SSSR count). The standard InChI is InChI=1S/C19H22.C18H21N/c1-2-7-16-14-18(11-10-15(16)6-1)19(12-5-13-19)17-8-3-4-9-17;1-2-5-15-12-16(7-6-14(15)4-1)18(9-3-10-18)17-8-11-19-13-17/h1-2,6-7,10-11,14,17H,3-5,8-9,12-13H2;1-2,4-7,12,17,19H,3,8-11,13H2. The van der Waals surface area contributed by atoms with E-state index in [0.717, 1.165) is 11.8 Å². The zero-order valence-corrected chi connectivity index (χ0v) is 22.9. The molecule has 38 heavy (non-hydrogen) atoms. The molecular formula is C37H43N. The lowest BCUT2D eigenvalue weighted by atomic mass is 9.57. The van der Waals surface area contributed by atoms with Crippen LogP contribution < -0.4 is 5.32 Å². The van der Waals surface area contributed by atoms with Crippen molar-refractivity contribution in [2.45, 2.75) is 81.5 Å². The molecule has 0 radical (unpaired) electrons. The third-order valence-electron chi connectivity index (χ3n) is 11.1. The Hall–Kier alpha value is -2.64. The van der Waals surface area contributed by atoms with Crippen molar-refractivity contribution in [1.29, 1.82) is 0 Å². The van der Waals surface area contributed by atoms with E-state index in [2.05, 4.69) is 90.2 Å². The zero-order valence-electron chi connectivity index (χ0n) is 22.9. The lowest BCUT2D eigenvalue weighted by Crippen LogP contribution is -2.42. The molecule has 0 spiro atoms. The number of hydrogen-bond donors (Lipinski definition) is 1. The van der Waals surface area contributed by atoms with Gasteiger partial charge in [-0.25, -0.2) is 0 Å². The Balaban J connectivity index is 0.000000127. The molecule has 1 saturated heterocycles. The molecule has 1 nitrogen and oxygen atoms in total. The van der Waals surface area contributed by atoms with Crippen LogP contribution in [0.4, 0.5) is 0 Å². The molecule has 3 saturated carbocycles. The predicted molar refractivity (Wildman–Crippen MR) is 162 cm³/mol. The molecule has 1 aliphatic heterocycles. The van der Waals surface area contributed by atoms with E-state index in [9.17, 15) is 0 Å². The minimum Gasteiger partial charge on any atom is -0.316 e. The van der Waals surface area contributed by atoms with Crippen molar-refractivity contribution in [2.24, 2.45) is 11.8 Å². The highest BCUT2D eigenvalue weighted by Gasteiger charge is 2.47. The molecule has 1 atom stereocenters. The van der Waals surface area contributed by atoms with Gasteiger partial charge in [0.2, 0.25) is 0 Å². The molecule has 0 bridgehead atoms. The van der Waals surface area contributed by atoms with Crippen LogP contribution in [0.5, 0.6) is 0 Å². The van der Waals surface area contributed by atoms with E-state index < -0.39 is 0 Å². The smallest absolute Gasteiger partial charge is 0.000596 e. The average molecular weight is 502 g/mol. The summed E-state index contributed by atoms with van der Waals surface area (Å²) in [5.41, 5.74) is 4.24. The first kappa shape index (κ1) is 24.4. The van der Waals surface area contributed by atoms with Crippen molar-refractivity contribution < 1.29 is 0 Å². The van der Waals surface area contributed by atoms with Crippen molar-refractivity contribution in [3.05, 3.63) is 96.1 Å². The number of benzene rings is 4. The molecule has 1 unspecified atom stereocenters. The summed E-state index contributed by atoms with van der Waals surface area (Å²) in [6.07, 6.45) is 15.7. The summed E-state index contributed by atoms with van der Waals surface area (Å²) < 4.78 is 0. The quantitative estimate of drug-likeness (QED) is 0.294. The Morgan fingerprint density at radius 1 is 0.500 bits per heavy atom. The van der Waals surface area contributed by atoms with Crippen LogP contribution in [0.15, 0.2) is 84.9 Å². The Morgan fingerprint density at radius 2 is 1.00 bits per heavy atom. The zero-order chi connectivity index (χ0) is 25.4. The first-order valence-corrected chi connectivity index (χ1v) is 15.5. The SMILES string of the molecule is c1ccc2cc(C3(C4CCCC4)CCC3)ccc2c1.c1ccc2cc(C3(C4CCNC4)CCC3)ccc2c1. The van der Waals surface area contributed by atoms with Crippen molar-refractivity contribution in [2.75, 3.05) is 13.1 Å². The normalized spacial score (nSPS) is 23.9. The first-order chi connectivity index (χ1) is 18.8. The van der Waals surface area contributed by atoms with Crippen LogP contribution in [-0.2, 0) is 10.8 Å². The van der Waals surface area contributed by atoms with Gasteiger partial charge in [-0.15, -0.1) is 0 Å². The van der Waals surface area contributed by atoms with Crippen LogP contribution in [-0.4, -0.2) is 13.1 Å². The van der Waals surface area contributed by atoms with Crippen molar-refractivity contribution in [1.82, 2.24) is 5.32 Å². The Bertz CT molecular complexity index is 1290. The minimum absolute atomic E-state index is 0.480. The summed E-state index contributed by atoms with van der Waals surface area (Å²) in [6, 6.07) is 31.9. The molecule has 3 aliphatic carbocycles. The topological polar surface area (TPSA) is 12.0 Å². The fourth-order valence-corrected chi connectivity index (χ4v) is 8.58. The second kappa shape index (κ2) is 10.2. The number of rotatable bonds is 4. The van der Waals surface area contributed by atoms with Crippen molar-refractivity contribution in [3.8, 4) is 0 Å². The van der Waals surface area contributed by atoms with Crippen LogP contribution >= 0.6 is 0 Å². The summed E-state index contributed by atoms with van der Waals surface area (Å²) in [4.78, 5) is 0. The summed E-state index contributed by atoms with van der Waals surface area (Å²) in [5.74, 6) is 1.81. The largest absolute Gasteiger partial charge is 0.316 e. The van der Waals surface area contributed by atoms with Crippen LogP contribution in [0.1, 0.15) is 81.8 Å². The molecule has 4 aromatic carbocycles. The molecule has 196 valence electrons. The highest BCUT2D eigenvalue weighted by molar-refractivity contribution is 5.84. The van der Waals surface area contributed by atoms with Gasteiger partial charge in [-0.3, -0.25) is 0 Å². The highest BCUT2D eigenvalue weighted by atomic mass is 14.9. The predicted octanol–water partition coefficient (Wildman–Crippen LogP) is 9.32. The molecule has 1 heterocycles. The van der Waals surface area contributed by atoms with Crippen LogP contribution in [0.3, 0.4) is 0 Å². The van der Waals surface area contributed by atoms with Crippen LogP contribution in [0.2, 0.25) is 0 Å². The van der Waals surface area contributed by atoms with Gasteiger partial charge in [0.05, 0.1) is 0 Å². The minimum atomic E-state index is 0.480. The highest BCUT2D eigenvalue weighted by Crippen LogP contribution is 2.55. The van der Waals surface area contributed by atoms with Gasteiger partial charge in [0.25, 0.3) is 0 Å². The van der Waals surface area contributed by atoms with Gasteiger partial charge in [0, 0.05) is 0 Å². The van der Waals surface area contributed by atoms with Gasteiger partial charge < -0.3 is 5.32 Å². The molecule has 4 aromatic rings. The molecule has 0 amide bonds. The third-order valence-corrected chi connectivity index (χ3v) is 11.1. The molecule has 4 fully saturated rings. The first-order valence-electron chi connectivity index (χ1n) is 15.5. The second-order valence-corrected chi connectivity index (χ2v) is 12.8. The molecule has 1 heteroatoms. The maximum Gasteiger partial charge on any atom is -0.000596 e. The average Bonchev–Trinajstić information content (AvgIpc) is 3.64. The maximum atomic E-state index is 3.55. The number of fused-ring (bicyclic) bond motifs is 2. The van der Waals surface area contributed by atoms with E-state index in [1.807, 2.05) is 0 Å². The lowest BCUT2D eigenvalue weighted by Gasteiger charge is -2.47. The third kappa shape index (κ3) is 4.19. The summed E-state index contributed by atoms with van der Waals surface area (Å²) >= 11 is 0. The monoisotopic (exact) mass is 501 g/mol. The second-order valence-electron chi connectivity index (χ2n) is 12.8. The van der Waals surface area contributed by atoms with Gasteiger partial charge in [0.1, 0.15) is 0 Å². The summed E-state index contributed by atoms with van der Waals surface area (Å²) in [7, 11) is 0. The van der Waals surface area contributed by atoms with Gasteiger partial charge >= 0.3 is 0 Å². The van der Waals surface area contributed by atoms with E-state index in [1.165, 1.54) is 105 Å². The van der Waals surface area contributed by atoms with E-state index in [-0.39, 0.29) is 0 Å². The van der Waals surface area contributed by atoms with E-state index >= 15 is 0 Å². The van der Waals surface area contributed by atoms with Crippen molar-refractivity contribution >= 4 is 21.5 Å². The molecular weight excluding hydrogens is 458 g/mol. The maximum absolute atomic E-state index is 3.55. The van der Waals surface area contributed by atoms with Gasteiger partial charge in [-0.05, 0) is 113 Å². The van der Waals surface area contributed by atoms with Crippen LogP contribution in [0, 0.1) is 11.8 Å². The number of nitrogens with one attached hydrogen (secondary N) is 1. The number of hydrogen-bond acceptors (Lipinski definition) is 1. The van der Waals surface area contributed by atoms with E-state index in [0.29, 0.717) is 10.8 Å². The molecule has 0 aromatic heterocycles. The van der Waals surface area contributed by atoms with E-state index in [4.69, 9.17) is 0 Å². The summed E-state index contributed by atoms with van der Waals surface area (Å²) in [5, 5.41) is 9.12. The lowest BCUT2D eigenvalue weighted by molar-refractivity contribution is 0.148. The van der Waals surface area contributed by atoms with Crippen LogP contribution in [0.25, 0.3) is 21.5 Å². The Labute approximate surface area is 229 Å². The Morgan fingerprint density at radius 3 is 1.45 bits per heavy atom. The summed E-state index contributed by atoms with van der Waals surface area (Å²) in [6.45, 7) is 2.42. The van der Waals surface area contributed by atoms with Crippen molar-refractivity contribution in [3.63, 3.8) is 0 Å². The van der Waals surface area contributed by atoms with Gasteiger partial charge in [-0.2, -0.15) is 0 Å². The fourth-order valence-electron chi connectivity index (χ4n) is 8.58. The van der Waals surface area contributed by atoms with Gasteiger partial charge in [0.15, 0.2) is 0 Å². The Kier molecular flexibility index (Phi) is 6.52. The molecule has 4 aliphatic rings. The fraction of sp³-hybridized carbons (Fsp3) is 0.459. The molecule has 1 N–H and O–H groups in total. The van der Waals surface area contributed by atoms with E-state index in [1.54, 1.807) is 11.1 Å². The van der Waals surface area contributed by atoms with Gasteiger partial charge in [-0.1, -0.05) is 111 Å².